The smallest absolute Gasteiger partial charge is 0.251 e. The van der Waals surface area contributed by atoms with E-state index in [-0.39, 0.29) is 11.7 Å². The molecule has 4 N–H and O–H groups in total. The third kappa shape index (κ3) is 9.59. The third-order valence-electron chi connectivity index (χ3n) is 3.64. The summed E-state index contributed by atoms with van der Waals surface area (Å²) >= 11 is 0. The minimum atomic E-state index is -0.155. The second-order valence-corrected chi connectivity index (χ2v) is 6.38. The largest absolute Gasteiger partial charge is 0.508 e. The summed E-state index contributed by atoms with van der Waals surface area (Å²) in [5, 5.41) is 18.5. The molecule has 6 heteroatoms. The third-order valence-corrected chi connectivity index (χ3v) is 3.64. The molecule has 0 heterocycles. The number of hydrogen-bond donors (Lipinski definition) is 4. The fourth-order valence-corrected chi connectivity index (χ4v) is 2.27. The number of phenols is 1. The summed E-state index contributed by atoms with van der Waals surface area (Å²) in [6, 6.07) is 6.20. The second-order valence-electron chi connectivity index (χ2n) is 6.38. The lowest BCUT2D eigenvalue weighted by Gasteiger charge is -2.12. The zero-order chi connectivity index (χ0) is 18.5. The number of amides is 1. The molecule has 0 aliphatic rings. The minimum Gasteiger partial charge on any atom is -0.508 e. The normalized spacial score (nSPS) is 11.4. The van der Waals surface area contributed by atoms with Gasteiger partial charge in [-0.25, -0.2) is 0 Å². The van der Waals surface area contributed by atoms with Gasteiger partial charge in [0.1, 0.15) is 5.75 Å². The molecule has 0 fully saturated rings. The van der Waals surface area contributed by atoms with Crippen molar-refractivity contribution in [2.75, 3.05) is 26.2 Å². The van der Waals surface area contributed by atoms with Crippen LogP contribution in [-0.2, 0) is 0 Å². The lowest BCUT2D eigenvalue weighted by atomic mass is 10.1. The standard InChI is InChI=1S/C19H32N4O2/c1-4-20-19(22-12-6-5-7-15(2)3)23-14-13-21-18(25)16-8-10-17(24)11-9-16/h8-11,15,24H,4-7,12-14H2,1-3H3,(H,21,25)(H2,20,22,23). The first-order valence-electron chi connectivity index (χ1n) is 9.12. The fraction of sp³-hybridized carbons (Fsp3) is 0.579. The molecule has 0 bridgehead atoms. The van der Waals surface area contributed by atoms with Crippen molar-refractivity contribution >= 4 is 11.9 Å². The van der Waals surface area contributed by atoms with E-state index in [0.29, 0.717) is 18.7 Å². The van der Waals surface area contributed by atoms with Crippen molar-refractivity contribution < 1.29 is 9.90 Å². The van der Waals surface area contributed by atoms with Crippen LogP contribution in [0, 0.1) is 5.92 Å². The van der Waals surface area contributed by atoms with Crippen LogP contribution in [0.25, 0.3) is 0 Å². The Morgan fingerprint density at radius 2 is 1.76 bits per heavy atom. The van der Waals surface area contributed by atoms with E-state index in [2.05, 4.69) is 34.8 Å². The number of hydrogen-bond acceptors (Lipinski definition) is 3. The van der Waals surface area contributed by atoms with Crippen LogP contribution >= 0.6 is 0 Å². The lowest BCUT2D eigenvalue weighted by Crippen LogP contribution is -2.41. The Bertz CT molecular complexity index is 527. The van der Waals surface area contributed by atoms with Crippen LogP contribution in [0.5, 0.6) is 5.75 Å². The number of aliphatic imine (C=N–C) groups is 1. The molecule has 0 spiro atoms. The van der Waals surface area contributed by atoms with E-state index >= 15 is 0 Å². The highest BCUT2D eigenvalue weighted by atomic mass is 16.3. The number of unbranched alkanes of at least 4 members (excludes halogenated alkanes) is 1. The highest BCUT2D eigenvalue weighted by Crippen LogP contribution is 2.09. The van der Waals surface area contributed by atoms with Crippen molar-refractivity contribution in [1.82, 2.24) is 16.0 Å². The summed E-state index contributed by atoms with van der Waals surface area (Å²) in [5.74, 6) is 1.52. The molecule has 0 saturated heterocycles. The number of carbonyl (C=O) groups excluding carboxylic acids is 1. The molecule has 0 saturated carbocycles. The van der Waals surface area contributed by atoms with E-state index in [4.69, 9.17) is 0 Å². The van der Waals surface area contributed by atoms with Crippen molar-refractivity contribution in [1.29, 1.82) is 0 Å². The Balaban J connectivity index is 2.27. The number of benzene rings is 1. The number of rotatable bonds is 10. The Kier molecular flexibility index (Phi) is 10.1. The molecule has 1 amide bonds. The van der Waals surface area contributed by atoms with Gasteiger partial charge in [0.25, 0.3) is 5.91 Å². The first-order valence-corrected chi connectivity index (χ1v) is 9.12. The Morgan fingerprint density at radius 3 is 2.40 bits per heavy atom. The number of nitrogens with one attached hydrogen (secondary N) is 3. The summed E-state index contributed by atoms with van der Waals surface area (Å²) in [6.45, 7) is 9.21. The molecule has 0 aliphatic heterocycles. The zero-order valence-corrected chi connectivity index (χ0v) is 15.6. The van der Waals surface area contributed by atoms with Gasteiger partial charge in [-0.2, -0.15) is 0 Å². The first kappa shape index (κ1) is 20.8. The predicted molar refractivity (Wildman–Crippen MR) is 103 cm³/mol. The van der Waals surface area contributed by atoms with Crippen LogP contribution in [-0.4, -0.2) is 43.2 Å². The molecule has 1 aromatic carbocycles. The van der Waals surface area contributed by atoms with Gasteiger partial charge in [0, 0.05) is 31.7 Å². The molecule has 1 aromatic rings. The van der Waals surface area contributed by atoms with Gasteiger partial charge in [0.2, 0.25) is 0 Å². The van der Waals surface area contributed by atoms with E-state index in [1.165, 1.54) is 25.0 Å². The number of aromatic hydroxyl groups is 1. The molecular formula is C19H32N4O2. The van der Waals surface area contributed by atoms with Crippen LogP contribution in [0.3, 0.4) is 0 Å². The maximum Gasteiger partial charge on any atom is 0.251 e. The quantitative estimate of drug-likeness (QED) is 0.297. The molecule has 25 heavy (non-hydrogen) atoms. The molecule has 0 aromatic heterocycles. The van der Waals surface area contributed by atoms with Gasteiger partial charge in [0.05, 0.1) is 0 Å². The van der Waals surface area contributed by atoms with Crippen molar-refractivity contribution in [3.63, 3.8) is 0 Å². The van der Waals surface area contributed by atoms with Crippen LogP contribution < -0.4 is 16.0 Å². The van der Waals surface area contributed by atoms with Crippen LogP contribution in [0.4, 0.5) is 0 Å². The van der Waals surface area contributed by atoms with Gasteiger partial charge >= 0.3 is 0 Å². The van der Waals surface area contributed by atoms with E-state index < -0.39 is 0 Å². The highest BCUT2D eigenvalue weighted by molar-refractivity contribution is 5.94. The number of nitrogens with zero attached hydrogens (tertiary/aromatic N) is 1. The lowest BCUT2D eigenvalue weighted by molar-refractivity contribution is 0.0954. The van der Waals surface area contributed by atoms with E-state index in [0.717, 1.165) is 31.4 Å². The molecule has 1 rings (SSSR count). The second kappa shape index (κ2) is 12.2. The van der Waals surface area contributed by atoms with Gasteiger partial charge in [-0.15, -0.1) is 0 Å². The highest BCUT2D eigenvalue weighted by Gasteiger charge is 2.04. The maximum atomic E-state index is 12.0. The van der Waals surface area contributed by atoms with Crippen molar-refractivity contribution in [2.45, 2.75) is 40.0 Å². The van der Waals surface area contributed by atoms with Crippen molar-refractivity contribution in [3.05, 3.63) is 29.8 Å². The molecule has 140 valence electrons. The summed E-state index contributed by atoms with van der Waals surface area (Å²) < 4.78 is 0. The average molecular weight is 348 g/mol. The molecule has 0 unspecified atom stereocenters. The SMILES string of the molecule is CCNC(=NCCCCC(C)C)NCCNC(=O)c1ccc(O)cc1. The van der Waals surface area contributed by atoms with Crippen LogP contribution in [0.15, 0.2) is 29.3 Å². The average Bonchev–Trinajstić information content (AvgIpc) is 2.58. The van der Waals surface area contributed by atoms with Gasteiger partial charge in [-0.05, 0) is 43.5 Å². The van der Waals surface area contributed by atoms with E-state index in [1.54, 1.807) is 12.1 Å². The number of guanidine groups is 1. The van der Waals surface area contributed by atoms with Crippen LogP contribution in [0.1, 0.15) is 50.4 Å². The Morgan fingerprint density at radius 1 is 1.08 bits per heavy atom. The van der Waals surface area contributed by atoms with Crippen molar-refractivity contribution in [3.8, 4) is 5.75 Å². The molecule has 0 radical (unpaired) electrons. The monoisotopic (exact) mass is 348 g/mol. The molecule has 0 aliphatic carbocycles. The molecule has 0 atom stereocenters. The zero-order valence-electron chi connectivity index (χ0n) is 15.6. The number of phenolic OH excluding ortho intramolecular Hbond substituents is 1. The Labute approximate surface area is 151 Å². The number of carbonyl (C=O) groups is 1. The topological polar surface area (TPSA) is 85.8 Å². The molecular weight excluding hydrogens is 316 g/mol. The Hall–Kier alpha value is -2.24. The fourth-order valence-electron chi connectivity index (χ4n) is 2.27. The summed E-state index contributed by atoms with van der Waals surface area (Å²) in [7, 11) is 0. The maximum absolute atomic E-state index is 12.0. The van der Waals surface area contributed by atoms with Gasteiger partial charge in [-0.3, -0.25) is 9.79 Å². The van der Waals surface area contributed by atoms with E-state index in [9.17, 15) is 9.90 Å². The summed E-state index contributed by atoms with van der Waals surface area (Å²) in [5.41, 5.74) is 0.531. The molecule has 6 nitrogen and oxygen atoms in total. The van der Waals surface area contributed by atoms with Crippen LogP contribution in [0.2, 0.25) is 0 Å². The van der Waals surface area contributed by atoms with E-state index in [1.807, 2.05) is 6.92 Å². The summed E-state index contributed by atoms with van der Waals surface area (Å²) in [4.78, 5) is 16.5. The van der Waals surface area contributed by atoms with Crippen molar-refractivity contribution in [2.24, 2.45) is 10.9 Å². The van der Waals surface area contributed by atoms with Gasteiger partial charge < -0.3 is 21.1 Å². The van der Waals surface area contributed by atoms with Gasteiger partial charge in [-0.1, -0.05) is 26.7 Å². The first-order chi connectivity index (χ1) is 12.0. The summed E-state index contributed by atoms with van der Waals surface area (Å²) in [6.07, 6.45) is 3.53. The predicted octanol–water partition coefficient (Wildman–Crippen LogP) is 2.50. The minimum absolute atomic E-state index is 0.151. The van der Waals surface area contributed by atoms with Gasteiger partial charge in [0.15, 0.2) is 5.96 Å².